The van der Waals surface area contributed by atoms with Gasteiger partial charge in [0.1, 0.15) is 11.9 Å². The number of amides is 1. The van der Waals surface area contributed by atoms with Crippen LogP contribution in [-0.4, -0.2) is 28.2 Å². The van der Waals surface area contributed by atoms with E-state index in [2.05, 4.69) is 27.0 Å². The number of hydrogen-bond acceptors (Lipinski definition) is 3. The van der Waals surface area contributed by atoms with Gasteiger partial charge in [0.2, 0.25) is 5.91 Å². The largest absolute Gasteiger partial charge is 0.368 e. The topological polar surface area (TPSA) is 56.2 Å². The zero-order chi connectivity index (χ0) is 15.4. The molecule has 3 rings (SSSR count). The van der Waals surface area contributed by atoms with Gasteiger partial charge in [0.25, 0.3) is 0 Å². The summed E-state index contributed by atoms with van der Waals surface area (Å²) in [5.41, 5.74) is 2.30. The second-order valence-corrected chi connectivity index (χ2v) is 5.64. The highest BCUT2D eigenvalue weighted by Crippen LogP contribution is 2.13. The minimum absolute atomic E-state index is 0.00615. The molecule has 0 saturated carbocycles. The van der Waals surface area contributed by atoms with Crippen LogP contribution < -0.4 is 5.32 Å². The minimum atomic E-state index is -0.267. The van der Waals surface area contributed by atoms with Crippen molar-refractivity contribution in [3.05, 3.63) is 53.6 Å². The van der Waals surface area contributed by atoms with Crippen LogP contribution in [0.15, 0.2) is 36.7 Å². The van der Waals surface area contributed by atoms with Crippen molar-refractivity contribution < 1.29 is 9.53 Å². The highest BCUT2D eigenvalue weighted by atomic mass is 16.5. The van der Waals surface area contributed by atoms with Gasteiger partial charge in [-0.2, -0.15) is 0 Å². The van der Waals surface area contributed by atoms with Crippen LogP contribution in [0.2, 0.25) is 0 Å². The molecule has 0 bridgehead atoms. The summed E-state index contributed by atoms with van der Waals surface area (Å²) in [4.78, 5) is 16.2. The van der Waals surface area contributed by atoms with E-state index in [1.807, 2.05) is 25.3 Å². The van der Waals surface area contributed by atoms with E-state index in [0.717, 1.165) is 30.8 Å². The summed E-state index contributed by atoms with van der Waals surface area (Å²) >= 11 is 0. The molecule has 2 aromatic rings. The number of carbonyl (C=O) groups excluding carboxylic acids is 1. The molecule has 1 unspecified atom stereocenters. The Kier molecular flexibility index (Phi) is 4.53. The van der Waals surface area contributed by atoms with Gasteiger partial charge >= 0.3 is 0 Å². The second-order valence-electron chi connectivity index (χ2n) is 5.64. The smallest absolute Gasteiger partial charge is 0.249 e. The normalized spacial score (nSPS) is 17.6. The molecule has 1 fully saturated rings. The third kappa shape index (κ3) is 3.54. The summed E-state index contributed by atoms with van der Waals surface area (Å²) in [6.45, 7) is 4.01. The zero-order valence-corrected chi connectivity index (χ0v) is 12.8. The number of ether oxygens (including phenoxy) is 1. The Bertz CT molecular complexity index is 645. The molecule has 1 saturated heterocycles. The number of aromatic nitrogens is 2. The Balaban J connectivity index is 1.59. The number of imidazole rings is 1. The lowest BCUT2D eigenvalue weighted by Crippen LogP contribution is -2.33. The summed E-state index contributed by atoms with van der Waals surface area (Å²) in [6.07, 6.45) is 5.31. The Labute approximate surface area is 130 Å². The number of hydrogen-bond donors (Lipinski definition) is 1. The highest BCUT2D eigenvalue weighted by Gasteiger charge is 2.22. The molecule has 0 spiro atoms. The van der Waals surface area contributed by atoms with Crippen molar-refractivity contribution in [2.45, 2.75) is 39.0 Å². The maximum Gasteiger partial charge on any atom is 0.249 e. The van der Waals surface area contributed by atoms with Gasteiger partial charge in [-0.05, 0) is 30.9 Å². The van der Waals surface area contributed by atoms with Crippen LogP contribution in [0.4, 0.5) is 0 Å². The Morgan fingerprint density at radius 1 is 1.45 bits per heavy atom. The van der Waals surface area contributed by atoms with E-state index in [4.69, 9.17) is 4.74 Å². The summed E-state index contributed by atoms with van der Waals surface area (Å²) in [7, 11) is 0. The van der Waals surface area contributed by atoms with Crippen LogP contribution in [0.5, 0.6) is 0 Å². The van der Waals surface area contributed by atoms with Gasteiger partial charge in [0.15, 0.2) is 0 Å². The third-order valence-electron chi connectivity index (χ3n) is 3.96. The van der Waals surface area contributed by atoms with E-state index in [1.54, 1.807) is 6.20 Å². The fourth-order valence-corrected chi connectivity index (χ4v) is 2.69. The van der Waals surface area contributed by atoms with E-state index in [0.29, 0.717) is 13.2 Å². The van der Waals surface area contributed by atoms with Crippen LogP contribution in [0.1, 0.15) is 29.8 Å². The molecule has 1 amide bonds. The second kappa shape index (κ2) is 6.75. The molecule has 0 radical (unpaired) electrons. The Hall–Kier alpha value is -2.14. The average molecular weight is 299 g/mol. The quantitative estimate of drug-likeness (QED) is 0.919. The third-order valence-corrected chi connectivity index (χ3v) is 3.96. The molecular weight excluding hydrogens is 278 g/mol. The van der Waals surface area contributed by atoms with Crippen molar-refractivity contribution in [3.8, 4) is 0 Å². The number of nitrogens with one attached hydrogen (secondary N) is 1. The first kappa shape index (κ1) is 14.8. The molecule has 0 aliphatic carbocycles. The van der Waals surface area contributed by atoms with E-state index >= 15 is 0 Å². The summed E-state index contributed by atoms with van der Waals surface area (Å²) in [6, 6.07) is 8.26. The van der Waals surface area contributed by atoms with Gasteiger partial charge in [-0.3, -0.25) is 4.79 Å². The van der Waals surface area contributed by atoms with Gasteiger partial charge < -0.3 is 14.6 Å². The zero-order valence-electron chi connectivity index (χ0n) is 12.8. The fourth-order valence-electron chi connectivity index (χ4n) is 2.69. The van der Waals surface area contributed by atoms with E-state index in [1.165, 1.54) is 5.56 Å². The molecule has 5 nitrogen and oxygen atoms in total. The average Bonchev–Trinajstić information content (AvgIpc) is 3.18. The number of nitrogens with zero attached hydrogens (tertiary/aromatic N) is 2. The van der Waals surface area contributed by atoms with Gasteiger partial charge in [-0.25, -0.2) is 4.98 Å². The van der Waals surface area contributed by atoms with Crippen molar-refractivity contribution in [3.63, 3.8) is 0 Å². The first-order valence-electron chi connectivity index (χ1n) is 7.67. The van der Waals surface area contributed by atoms with Gasteiger partial charge in [-0.15, -0.1) is 0 Å². The molecule has 2 heterocycles. The summed E-state index contributed by atoms with van der Waals surface area (Å²) in [5.74, 6) is 0.991. The lowest BCUT2D eigenvalue weighted by atomic mass is 10.1. The molecule has 22 heavy (non-hydrogen) atoms. The molecule has 116 valence electrons. The SMILES string of the molecule is Cc1nccn1Cc1cccc(CNC(=O)C2CCCO2)c1. The summed E-state index contributed by atoms with van der Waals surface area (Å²) < 4.78 is 7.49. The molecule has 1 aliphatic heterocycles. The first-order valence-corrected chi connectivity index (χ1v) is 7.67. The van der Waals surface area contributed by atoms with Crippen molar-refractivity contribution in [1.29, 1.82) is 0 Å². The monoisotopic (exact) mass is 299 g/mol. The summed E-state index contributed by atoms with van der Waals surface area (Å²) in [5, 5.41) is 2.96. The van der Waals surface area contributed by atoms with Crippen LogP contribution in [0.25, 0.3) is 0 Å². The van der Waals surface area contributed by atoms with Crippen LogP contribution in [0.3, 0.4) is 0 Å². The Morgan fingerprint density at radius 2 is 2.32 bits per heavy atom. The van der Waals surface area contributed by atoms with Crippen molar-refractivity contribution in [1.82, 2.24) is 14.9 Å². The lowest BCUT2D eigenvalue weighted by Gasteiger charge is -2.11. The van der Waals surface area contributed by atoms with Crippen molar-refractivity contribution >= 4 is 5.91 Å². The number of rotatable bonds is 5. The van der Waals surface area contributed by atoms with Crippen molar-refractivity contribution in [2.75, 3.05) is 6.61 Å². The van der Waals surface area contributed by atoms with Gasteiger partial charge in [0, 0.05) is 32.1 Å². The minimum Gasteiger partial charge on any atom is -0.368 e. The van der Waals surface area contributed by atoms with Crippen LogP contribution >= 0.6 is 0 Å². The predicted octanol–water partition coefficient (Wildman–Crippen LogP) is 2.04. The molecule has 1 aromatic carbocycles. The van der Waals surface area contributed by atoms with E-state index in [9.17, 15) is 4.79 Å². The predicted molar refractivity (Wildman–Crippen MR) is 83.3 cm³/mol. The standard InChI is InChI=1S/C17H21N3O2/c1-13-18-7-8-20(13)12-15-5-2-4-14(10-15)11-19-17(21)16-6-3-9-22-16/h2,4-5,7-8,10,16H,3,6,9,11-12H2,1H3,(H,19,21). The highest BCUT2D eigenvalue weighted by molar-refractivity contribution is 5.80. The molecule has 1 aromatic heterocycles. The maximum absolute atomic E-state index is 12.0. The molecule has 1 atom stereocenters. The maximum atomic E-state index is 12.0. The number of aryl methyl sites for hydroxylation is 1. The van der Waals surface area contributed by atoms with Crippen LogP contribution in [-0.2, 0) is 22.6 Å². The first-order chi connectivity index (χ1) is 10.7. The Morgan fingerprint density at radius 3 is 3.05 bits per heavy atom. The molecular formula is C17H21N3O2. The fraction of sp³-hybridized carbons (Fsp3) is 0.412. The number of benzene rings is 1. The van der Waals surface area contributed by atoms with E-state index in [-0.39, 0.29) is 12.0 Å². The van der Waals surface area contributed by atoms with Crippen LogP contribution in [0, 0.1) is 6.92 Å². The molecule has 5 heteroatoms. The number of carbonyl (C=O) groups is 1. The molecule has 1 aliphatic rings. The van der Waals surface area contributed by atoms with E-state index < -0.39 is 0 Å². The van der Waals surface area contributed by atoms with Gasteiger partial charge in [-0.1, -0.05) is 24.3 Å². The van der Waals surface area contributed by atoms with Crippen molar-refractivity contribution in [2.24, 2.45) is 0 Å². The molecule has 1 N–H and O–H groups in total. The lowest BCUT2D eigenvalue weighted by molar-refractivity contribution is -0.130. The van der Waals surface area contributed by atoms with Gasteiger partial charge in [0.05, 0.1) is 0 Å².